The Kier molecular flexibility index (Phi) is 5.00. The molecule has 0 aliphatic heterocycles. The number of hydrogen-bond acceptors (Lipinski definition) is 5. The summed E-state index contributed by atoms with van der Waals surface area (Å²) in [5.41, 5.74) is 1.33. The monoisotopic (exact) mass is 358 g/mol. The molecule has 2 heterocycles. The summed E-state index contributed by atoms with van der Waals surface area (Å²) in [4.78, 5) is 27.4. The minimum absolute atomic E-state index is 0.204. The lowest BCUT2D eigenvalue weighted by Crippen LogP contribution is -2.20. The summed E-state index contributed by atoms with van der Waals surface area (Å²) >= 11 is 5.89. The Labute approximate surface area is 148 Å². The van der Waals surface area contributed by atoms with Crippen LogP contribution in [0.1, 0.15) is 12.5 Å². The number of aryl methyl sites for hydroxylation is 1. The molecule has 3 aromatic rings. The van der Waals surface area contributed by atoms with E-state index in [1.807, 2.05) is 13.0 Å². The molecule has 3 rings (SSSR count). The molecule has 0 aliphatic carbocycles. The third kappa shape index (κ3) is 3.97. The number of fused-ring (bicyclic) bond motifs is 1. The van der Waals surface area contributed by atoms with Crippen molar-refractivity contribution >= 4 is 34.2 Å². The predicted octanol–water partition coefficient (Wildman–Crippen LogP) is 3.42. The summed E-state index contributed by atoms with van der Waals surface area (Å²) in [6.45, 7) is 1.75. The first-order valence-electron chi connectivity index (χ1n) is 7.67. The molecule has 0 fully saturated rings. The molecule has 0 saturated heterocycles. The SMILES string of the molecule is CCc1cc(=O)oc2cc(OCC(=O)Nc3cccnc3Cl)ccc12. The molecule has 0 bridgehead atoms. The quantitative estimate of drug-likeness (QED) is 0.558. The number of anilines is 1. The zero-order valence-corrected chi connectivity index (χ0v) is 14.2. The lowest BCUT2D eigenvalue weighted by Gasteiger charge is -2.09. The summed E-state index contributed by atoms with van der Waals surface area (Å²) in [6, 6.07) is 9.92. The predicted molar refractivity (Wildman–Crippen MR) is 95.2 cm³/mol. The number of amides is 1. The van der Waals surface area contributed by atoms with Gasteiger partial charge in [-0.15, -0.1) is 0 Å². The molecule has 0 unspecified atom stereocenters. The van der Waals surface area contributed by atoms with Crippen molar-refractivity contribution in [3.63, 3.8) is 0 Å². The van der Waals surface area contributed by atoms with Crippen molar-refractivity contribution in [3.05, 3.63) is 63.7 Å². The van der Waals surface area contributed by atoms with Crippen LogP contribution in [0.25, 0.3) is 11.0 Å². The van der Waals surface area contributed by atoms with Gasteiger partial charge in [0, 0.05) is 23.7 Å². The molecule has 0 atom stereocenters. The maximum Gasteiger partial charge on any atom is 0.336 e. The van der Waals surface area contributed by atoms with E-state index in [2.05, 4.69) is 10.3 Å². The summed E-state index contributed by atoms with van der Waals surface area (Å²) < 4.78 is 10.7. The van der Waals surface area contributed by atoms with E-state index in [4.69, 9.17) is 20.8 Å². The van der Waals surface area contributed by atoms with E-state index in [-0.39, 0.29) is 17.7 Å². The van der Waals surface area contributed by atoms with E-state index in [1.54, 1.807) is 24.3 Å². The summed E-state index contributed by atoms with van der Waals surface area (Å²) in [6.07, 6.45) is 2.25. The Morgan fingerprint density at radius 2 is 2.16 bits per heavy atom. The Balaban J connectivity index is 1.72. The number of carbonyl (C=O) groups excluding carboxylic acids is 1. The van der Waals surface area contributed by atoms with Crippen LogP contribution < -0.4 is 15.7 Å². The van der Waals surface area contributed by atoms with Crippen LogP contribution in [0.5, 0.6) is 5.75 Å². The first-order valence-corrected chi connectivity index (χ1v) is 8.04. The maximum atomic E-state index is 12.0. The minimum Gasteiger partial charge on any atom is -0.484 e. The molecule has 7 heteroatoms. The van der Waals surface area contributed by atoms with Crippen molar-refractivity contribution < 1.29 is 13.9 Å². The number of benzene rings is 1. The maximum absolute atomic E-state index is 12.0. The smallest absolute Gasteiger partial charge is 0.336 e. The number of ether oxygens (including phenoxy) is 1. The lowest BCUT2D eigenvalue weighted by molar-refractivity contribution is -0.118. The molecular formula is C18H15ClN2O4. The number of halogens is 1. The lowest BCUT2D eigenvalue weighted by atomic mass is 10.1. The number of rotatable bonds is 5. The van der Waals surface area contributed by atoms with Crippen LogP contribution in [0, 0.1) is 0 Å². The number of aromatic nitrogens is 1. The first kappa shape index (κ1) is 17.0. The van der Waals surface area contributed by atoms with Crippen molar-refractivity contribution in [1.29, 1.82) is 0 Å². The van der Waals surface area contributed by atoms with Crippen molar-refractivity contribution in [2.75, 3.05) is 11.9 Å². The molecule has 0 spiro atoms. The number of nitrogens with zero attached hydrogens (tertiary/aromatic N) is 1. The molecule has 0 saturated carbocycles. The highest BCUT2D eigenvalue weighted by molar-refractivity contribution is 6.32. The van der Waals surface area contributed by atoms with Gasteiger partial charge < -0.3 is 14.5 Å². The molecule has 1 amide bonds. The van der Waals surface area contributed by atoms with Gasteiger partial charge in [0.15, 0.2) is 11.8 Å². The fourth-order valence-corrected chi connectivity index (χ4v) is 2.57. The largest absolute Gasteiger partial charge is 0.484 e. The van der Waals surface area contributed by atoms with Gasteiger partial charge in [0.05, 0.1) is 5.69 Å². The molecule has 0 radical (unpaired) electrons. The van der Waals surface area contributed by atoms with E-state index in [0.717, 1.165) is 17.4 Å². The van der Waals surface area contributed by atoms with Gasteiger partial charge in [-0.3, -0.25) is 4.79 Å². The van der Waals surface area contributed by atoms with Gasteiger partial charge >= 0.3 is 5.63 Å². The van der Waals surface area contributed by atoms with Gasteiger partial charge in [0.1, 0.15) is 11.3 Å². The van der Waals surface area contributed by atoms with E-state index < -0.39 is 5.63 Å². The number of hydrogen-bond donors (Lipinski definition) is 1. The second-order valence-electron chi connectivity index (χ2n) is 5.28. The number of carbonyl (C=O) groups is 1. The highest BCUT2D eigenvalue weighted by atomic mass is 35.5. The second-order valence-corrected chi connectivity index (χ2v) is 5.64. The van der Waals surface area contributed by atoms with Gasteiger partial charge in [-0.05, 0) is 36.2 Å². The van der Waals surface area contributed by atoms with Crippen LogP contribution in [-0.4, -0.2) is 17.5 Å². The van der Waals surface area contributed by atoms with Crippen LogP contribution in [0.15, 0.2) is 51.8 Å². The van der Waals surface area contributed by atoms with Gasteiger partial charge in [-0.2, -0.15) is 0 Å². The van der Waals surface area contributed by atoms with Crippen molar-refractivity contribution in [1.82, 2.24) is 4.98 Å². The van der Waals surface area contributed by atoms with Crippen molar-refractivity contribution in [2.45, 2.75) is 13.3 Å². The second kappa shape index (κ2) is 7.36. The highest BCUT2D eigenvalue weighted by Gasteiger charge is 2.09. The fraction of sp³-hybridized carbons (Fsp3) is 0.167. The minimum atomic E-state index is -0.412. The van der Waals surface area contributed by atoms with Gasteiger partial charge in [-0.25, -0.2) is 9.78 Å². The third-order valence-corrected chi connectivity index (χ3v) is 3.89. The van der Waals surface area contributed by atoms with Gasteiger partial charge in [0.25, 0.3) is 5.91 Å². The number of pyridine rings is 1. The molecule has 6 nitrogen and oxygen atoms in total. The average molecular weight is 359 g/mol. The Morgan fingerprint density at radius 1 is 1.32 bits per heavy atom. The van der Waals surface area contributed by atoms with Crippen LogP contribution >= 0.6 is 11.6 Å². The molecular weight excluding hydrogens is 344 g/mol. The Bertz CT molecular complexity index is 984. The average Bonchev–Trinajstić information content (AvgIpc) is 2.60. The van der Waals surface area contributed by atoms with Crippen molar-refractivity contribution in [3.8, 4) is 5.75 Å². The highest BCUT2D eigenvalue weighted by Crippen LogP contribution is 2.23. The van der Waals surface area contributed by atoms with Gasteiger partial charge in [-0.1, -0.05) is 18.5 Å². The molecule has 1 N–H and O–H groups in total. The van der Waals surface area contributed by atoms with E-state index >= 15 is 0 Å². The van der Waals surface area contributed by atoms with Crippen LogP contribution in [0.4, 0.5) is 5.69 Å². The number of nitrogens with one attached hydrogen (secondary N) is 1. The van der Waals surface area contributed by atoms with Crippen LogP contribution in [0.2, 0.25) is 5.15 Å². The summed E-state index contributed by atoms with van der Waals surface area (Å²) in [5, 5.41) is 3.67. The van der Waals surface area contributed by atoms with Crippen LogP contribution in [0.3, 0.4) is 0 Å². The topological polar surface area (TPSA) is 81.4 Å². The fourth-order valence-electron chi connectivity index (χ4n) is 2.41. The molecule has 1 aromatic carbocycles. The standard InChI is InChI=1S/C18H15ClN2O4/c1-2-11-8-17(23)25-15-9-12(5-6-13(11)15)24-10-16(22)21-14-4-3-7-20-18(14)19/h3-9H,2,10H2,1H3,(H,21,22). The Hall–Kier alpha value is -2.86. The summed E-state index contributed by atoms with van der Waals surface area (Å²) in [5.74, 6) is 0.0510. The van der Waals surface area contributed by atoms with Gasteiger partial charge in [0.2, 0.25) is 0 Å². The first-order chi connectivity index (χ1) is 12.1. The molecule has 2 aromatic heterocycles. The zero-order chi connectivity index (χ0) is 17.8. The molecule has 25 heavy (non-hydrogen) atoms. The van der Waals surface area contributed by atoms with E-state index in [1.165, 1.54) is 12.3 Å². The zero-order valence-electron chi connectivity index (χ0n) is 13.4. The molecule has 0 aliphatic rings. The van der Waals surface area contributed by atoms with E-state index in [9.17, 15) is 9.59 Å². The van der Waals surface area contributed by atoms with Crippen molar-refractivity contribution in [2.24, 2.45) is 0 Å². The van der Waals surface area contributed by atoms with Crippen LogP contribution in [-0.2, 0) is 11.2 Å². The third-order valence-electron chi connectivity index (χ3n) is 3.59. The molecule has 128 valence electrons. The Morgan fingerprint density at radius 3 is 2.92 bits per heavy atom. The normalized spacial score (nSPS) is 10.6. The van der Waals surface area contributed by atoms with E-state index in [0.29, 0.717) is 17.0 Å². The summed E-state index contributed by atoms with van der Waals surface area (Å²) in [7, 11) is 0.